The molecule has 1 aromatic carbocycles. The van der Waals surface area contributed by atoms with Crippen molar-refractivity contribution in [2.45, 2.75) is 40.3 Å². The minimum absolute atomic E-state index is 0.0309. The molecule has 0 aromatic heterocycles. The van der Waals surface area contributed by atoms with Crippen LogP contribution < -0.4 is 4.18 Å². The van der Waals surface area contributed by atoms with Crippen molar-refractivity contribution in [1.29, 1.82) is 0 Å². The fraction of sp³-hybridized carbons (Fsp3) is 0.500. The van der Waals surface area contributed by atoms with E-state index in [4.69, 9.17) is 4.18 Å². The van der Waals surface area contributed by atoms with Gasteiger partial charge in [-0.05, 0) is 26.8 Å². The maximum absolute atomic E-state index is 11.6. The van der Waals surface area contributed by atoms with Gasteiger partial charge in [0.2, 0.25) is 5.91 Å². The molecule has 20 heavy (non-hydrogen) atoms. The van der Waals surface area contributed by atoms with Crippen molar-refractivity contribution < 1.29 is 17.4 Å². The molecule has 1 amide bonds. The smallest absolute Gasteiger partial charge is 0.308 e. The Morgan fingerprint density at radius 1 is 1.30 bits per heavy atom. The third kappa shape index (κ3) is 4.52. The normalized spacial score (nSPS) is 11.4. The number of carbonyl (C=O) groups is 1. The first-order chi connectivity index (χ1) is 9.26. The van der Waals surface area contributed by atoms with Gasteiger partial charge in [0, 0.05) is 25.1 Å². The number of rotatable bonds is 6. The van der Waals surface area contributed by atoms with Crippen LogP contribution in [0.3, 0.4) is 0 Å². The second-order valence-corrected chi connectivity index (χ2v) is 6.64. The minimum atomic E-state index is -3.57. The summed E-state index contributed by atoms with van der Waals surface area (Å²) in [5, 5.41) is 0. The van der Waals surface area contributed by atoms with E-state index in [1.165, 1.54) is 13.8 Å². The number of nitrogens with zero attached hydrogens (tertiary/aromatic N) is 1. The zero-order valence-corrected chi connectivity index (χ0v) is 13.1. The van der Waals surface area contributed by atoms with Crippen molar-refractivity contribution >= 4 is 16.0 Å². The first-order valence-electron chi connectivity index (χ1n) is 6.54. The van der Waals surface area contributed by atoms with E-state index >= 15 is 0 Å². The van der Waals surface area contributed by atoms with Gasteiger partial charge in [0.05, 0.1) is 5.75 Å². The van der Waals surface area contributed by atoms with Crippen molar-refractivity contribution in [3.8, 4) is 5.75 Å². The van der Waals surface area contributed by atoms with Crippen LogP contribution in [0.25, 0.3) is 0 Å². The van der Waals surface area contributed by atoms with Gasteiger partial charge in [0.15, 0.2) is 0 Å². The van der Waals surface area contributed by atoms with E-state index in [2.05, 4.69) is 0 Å². The Balaban J connectivity index is 3.04. The molecule has 0 unspecified atom stereocenters. The van der Waals surface area contributed by atoms with Crippen molar-refractivity contribution in [2.75, 3.05) is 5.75 Å². The monoisotopic (exact) mass is 299 g/mol. The Hall–Kier alpha value is -1.56. The Labute approximate surface area is 120 Å². The SMILES string of the molecule is CCS(=O)(=O)Oc1ccccc1CN(C(C)=O)C(C)C. The molecule has 1 aromatic rings. The van der Waals surface area contributed by atoms with E-state index in [1.54, 1.807) is 29.2 Å². The highest BCUT2D eigenvalue weighted by Gasteiger charge is 2.18. The van der Waals surface area contributed by atoms with Gasteiger partial charge in [0.1, 0.15) is 5.75 Å². The highest BCUT2D eigenvalue weighted by atomic mass is 32.2. The van der Waals surface area contributed by atoms with Gasteiger partial charge < -0.3 is 9.08 Å². The van der Waals surface area contributed by atoms with Crippen LogP contribution in [0.1, 0.15) is 33.3 Å². The summed E-state index contributed by atoms with van der Waals surface area (Å²) in [5.41, 5.74) is 0.674. The Bertz CT molecular complexity index is 566. The summed E-state index contributed by atoms with van der Waals surface area (Å²) in [7, 11) is -3.57. The van der Waals surface area contributed by atoms with Gasteiger partial charge >= 0.3 is 10.1 Å². The van der Waals surface area contributed by atoms with Gasteiger partial charge in [-0.2, -0.15) is 8.42 Å². The van der Waals surface area contributed by atoms with Crippen molar-refractivity contribution in [2.24, 2.45) is 0 Å². The van der Waals surface area contributed by atoms with E-state index < -0.39 is 10.1 Å². The molecule has 5 nitrogen and oxygen atoms in total. The van der Waals surface area contributed by atoms with Crippen LogP contribution in [0, 0.1) is 0 Å². The molecule has 0 bridgehead atoms. The van der Waals surface area contributed by atoms with Crippen LogP contribution in [0.15, 0.2) is 24.3 Å². The Kier molecular flexibility index (Phi) is 5.56. The standard InChI is InChI=1S/C14H21NO4S/c1-5-20(17,18)19-14-9-7-6-8-13(14)10-15(11(2)3)12(4)16/h6-9,11H,5,10H2,1-4H3. The van der Waals surface area contributed by atoms with Crippen molar-refractivity contribution in [1.82, 2.24) is 4.90 Å². The van der Waals surface area contributed by atoms with Crippen LogP contribution in [0.2, 0.25) is 0 Å². The van der Waals surface area contributed by atoms with Gasteiger partial charge in [-0.3, -0.25) is 4.79 Å². The lowest BCUT2D eigenvalue weighted by Gasteiger charge is -2.26. The molecule has 0 saturated carbocycles. The predicted molar refractivity (Wildman–Crippen MR) is 77.9 cm³/mol. The lowest BCUT2D eigenvalue weighted by atomic mass is 10.1. The Morgan fingerprint density at radius 3 is 2.40 bits per heavy atom. The van der Waals surface area contributed by atoms with Crippen LogP contribution in [0.4, 0.5) is 0 Å². The highest BCUT2D eigenvalue weighted by Crippen LogP contribution is 2.22. The maximum Gasteiger partial charge on any atom is 0.308 e. The molecule has 0 aliphatic rings. The second kappa shape index (κ2) is 6.74. The van der Waals surface area contributed by atoms with Crippen LogP contribution in [0.5, 0.6) is 5.75 Å². The van der Waals surface area contributed by atoms with E-state index in [9.17, 15) is 13.2 Å². The molecule has 0 heterocycles. The van der Waals surface area contributed by atoms with Gasteiger partial charge in [-0.15, -0.1) is 0 Å². The second-order valence-electron chi connectivity index (χ2n) is 4.78. The van der Waals surface area contributed by atoms with Crippen molar-refractivity contribution in [3.63, 3.8) is 0 Å². The molecule has 0 N–H and O–H groups in total. The number of amides is 1. The first-order valence-corrected chi connectivity index (χ1v) is 8.12. The molecule has 112 valence electrons. The fourth-order valence-electron chi connectivity index (χ4n) is 1.75. The lowest BCUT2D eigenvalue weighted by Crippen LogP contribution is -2.34. The Morgan fingerprint density at radius 2 is 1.90 bits per heavy atom. The van der Waals surface area contributed by atoms with Crippen LogP contribution in [-0.4, -0.2) is 31.0 Å². The average Bonchev–Trinajstić information content (AvgIpc) is 2.36. The van der Waals surface area contributed by atoms with Crippen LogP contribution in [-0.2, 0) is 21.5 Å². The molecule has 0 saturated heterocycles. The number of para-hydroxylation sites is 1. The zero-order chi connectivity index (χ0) is 15.3. The maximum atomic E-state index is 11.6. The molecule has 0 fully saturated rings. The quantitative estimate of drug-likeness (QED) is 0.755. The highest BCUT2D eigenvalue weighted by molar-refractivity contribution is 7.87. The van der Waals surface area contributed by atoms with E-state index in [-0.39, 0.29) is 23.5 Å². The third-order valence-corrected chi connectivity index (χ3v) is 4.05. The van der Waals surface area contributed by atoms with E-state index in [0.717, 1.165) is 0 Å². The molecule has 1 rings (SSSR count). The molecule has 0 atom stereocenters. The summed E-state index contributed by atoms with van der Waals surface area (Å²) in [6.07, 6.45) is 0. The van der Waals surface area contributed by atoms with Gasteiger partial charge in [-0.1, -0.05) is 18.2 Å². The largest absolute Gasteiger partial charge is 0.382 e. The minimum Gasteiger partial charge on any atom is -0.382 e. The number of hydrogen-bond donors (Lipinski definition) is 0. The number of hydrogen-bond acceptors (Lipinski definition) is 4. The molecule has 0 spiro atoms. The number of benzene rings is 1. The van der Waals surface area contributed by atoms with Crippen molar-refractivity contribution in [3.05, 3.63) is 29.8 Å². The fourth-order valence-corrected chi connectivity index (χ4v) is 2.31. The summed E-state index contributed by atoms with van der Waals surface area (Å²) in [6.45, 7) is 7.16. The van der Waals surface area contributed by atoms with E-state index in [0.29, 0.717) is 12.1 Å². The first kappa shape index (κ1) is 16.5. The summed E-state index contributed by atoms with van der Waals surface area (Å²) in [6, 6.07) is 6.89. The van der Waals surface area contributed by atoms with Gasteiger partial charge in [0.25, 0.3) is 0 Å². The topological polar surface area (TPSA) is 63.7 Å². The van der Waals surface area contributed by atoms with Crippen LogP contribution >= 0.6 is 0 Å². The molecular weight excluding hydrogens is 278 g/mol. The summed E-state index contributed by atoms with van der Waals surface area (Å²) in [5.74, 6) is 0.122. The molecule has 0 aliphatic heterocycles. The summed E-state index contributed by atoms with van der Waals surface area (Å²) >= 11 is 0. The average molecular weight is 299 g/mol. The zero-order valence-electron chi connectivity index (χ0n) is 12.3. The molecule has 0 radical (unpaired) electrons. The lowest BCUT2D eigenvalue weighted by molar-refractivity contribution is -0.131. The third-order valence-electron chi connectivity index (χ3n) is 2.91. The molecule has 6 heteroatoms. The molecular formula is C14H21NO4S. The summed E-state index contributed by atoms with van der Waals surface area (Å²) in [4.78, 5) is 13.3. The summed E-state index contributed by atoms with van der Waals surface area (Å²) < 4.78 is 28.2. The van der Waals surface area contributed by atoms with E-state index in [1.807, 2.05) is 13.8 Å². The number of carbonyl (C=O) groups excluding carboxylic acids is 1. The predicted octanol–water partition coefficient (Wildman–Crippen LogP) is 2.17. The molecule has 0 aliphatic carbocycles. The van der Waals surface area contributed by atoms with Gasteiger partial charge in [-0.25, -0.2) is 0 Å².